The van der Waals surface area contributed by atoms with E-state index in [4.69, 9.17) is 21.4 Å². The van der Waals surface area contributed by atoms with Crippen LogP contribution in [0.1, 0.15) is 18.9 Å². The molecule has 0 spiro atoms. The zero-order chi connectivity index (χ0) is 15.8. The van der Waals surface area contributed by atoms with Crippen LogP contribution in [-0.4, -0.2) is 33.0 Å². The summed E-state index contributed by atoms with van der Waals surface area (Å²) < 4.78 is 7.29. The first kappa shape index (κ1) is 14.4. The molecule has 0 amide bonds. The molecule has 1 aliphatic heterocycles. The van der Waals surface area contributed by atoms with Crippen molar-refractivity contribution in [3.63, 3.8) is 0 Å². The molecule has 7 heteroatoms. The second-order valence-electron chi connectivity index (χ2n) is 5.57. The summed E-state index contributed by atoms with van der Waals surface area (Å²) in [5, 5.41) is 5.87. The molecular formula is C16H15ClN4O2. The number of nitrogens with one attached hydrogen (secondary N) is 1. The largest absolute Gasteiger partial charge is 0.381 e. The van der Waals surface area contributed by atoms with Gasteiger partial charge >= 0.3 is 0 Å². The number of halogens is 1. The Balaban J connectivity index is 1.93. The molecule has 0 aliphatic carbocycles. The normalized spacial score (nSPS) is 16.0. The molecule has 6 nitrogen and oxygen atoms in total. The van der Waals surface area contributed by atoms with E-state index in [1.54, 1.807) is 12.1 Å². The predicted molar refractivity (Wildman–Crippen MR) is 87.7 cm³/mol. The van der Waals surface area contributed by atoms with Crippen molar-refractivity contribution in [3.8, 4) is 11.3 Å². The van der Waals surface area contributed by atoms with Crippen molar-refractivity contribution in [1.29, 1.82) is 0 Å². The highest BCUT2D eigenvalue weighted by atomic mass is 35.5. The summed E-state index contributed by atoms with van der Waals surface area (Å²) in [5.41, 5.74) is 1.92. The first-order valence-corrected chi connectivity index (χ1v) is 7.91. The number of ether oxygens (including phenoxy) is 1. The summed E-state index contributed by atoms with van der Waals surface area (Å²) in [6, 6.07) is 7.51. The molecule has 0 radical (unpaired) electrons. The second-order valence-corrected chi connectivity index (χ2v) is 6.01. The third-order valence-electron chi connectivity index (χ3n) is 4.15. The van der Waals surface area contributed by atoms with Crippen molar-refractivity contribution in [2.75, 3.05) is 13.2 Å². The lowest BCUT2D eigenvalue weighted by molar-refractivity contribution is 0.0674. The molecule has 23 heavy (non-hydrogen) atoms. The Morgan fingerprint density at radius 3 is 2.70 bits per heavy atom. The quantitative estimate of drug-likeness (QED) is 0.784. The highest BCUT2D eigenvalue weighted by Crippen LogP contribution is 2.30. The van der Waals surface area contributed by atoms with E-state index in [-0.39, 0.29) is 11.6 Å². The van der Waals surface area contributed by atoms with Crippen LogP contribution in [0, 0.1) is 0 Å². The van der Waals surface area contributed by atoms with Crippen LogP contribution in [0.25, 0.3) is 22.3 Å². The lowest BCUT2D eigenvalue weighted by Gasteiger charge is -2.22. The molecule has 1 fully saturated rings. The Hall–Kier alpha value is -2.18. The first-order chi connectivity index (χ1) is 11.2. The summed E-state index contributed by atoms with van der Waals surface area (Å²) in [5.74, 6) is 0. The fourth-order valence-corrected chi connectivity index (χ4v) is 3.10. The molecule has 1 aromatic carbocycles. The number of hydrogen-bond acceptors (Lipinski definition) is 4. The summed E-state index contributed by atoms with van der Waals surface area (Å²) in [6.07, 6.45) is 3.16. The van der Waals surface area contributed by atoms with Gasteiger partial charge in [-0.25, -0.2) is 9.67 Å². The average Bonchev–Trinajstić information content (AvgIpc) is 2.97. The molecule has 0 atom stereocenters. The Labute approximate surface area is 137 Å². The monoisotopic (exact) mass is 330 g/mol. The Morgan fingerprint density at radius 2 is 1.96 bits per heavy atom. The van der Waals surface area contributed by atoms with Gasteiger partial charge in [0.2, 0.25) is 0 Å². The number of fused-ring (bicyclic) bond motifs is 1. The van der Waals surface area contributed by atoms with Gasteiger partial charge in [0.15, 0.2) is 5.65 Å². The van der Waals surface area contributed by atoms with Gasteiger partial charge in [0.1, 0.15) is 11.1 Å². The van der Waals surface area contributed by atoms with Gasteiger partial charge < -0.3 is 9.72 Å². The predicted octanol–water partition coefficient (Wildman–Crippen LogP) is 2.79. The standard InChI is InChI=1S/C16H15ClN4O2/c17-11-3-1-10(2-4-11)14-13-15(18-9-19-16(13)22)21(20-14)12-5-7-23-8-6-12/h1-4,9,12H,5-8H2,(H,18,19,22). The van der Waals surface area contributed by atoms with Crippen LogP contribution in [0.5, 0.6) is 0 Å². The maximum atomic E-state index is 12.3. The molecular weight excluding hydrogens is 316 g/mol. The number of H-pyrrole nitrogens is 1. The van der Waals surface area contributed by atoms with Gasteiger partial charge in [0.25, 0.3) is 5.56 Å². The Kier molecular flexibility index (Phi) is 3.63. The van der Waals surface area contributed by atoms with Crippen LogP contribution in [0.4, 0.5) is 0 Å². The van der Waals surface area contributed by atoms with Crippen molar-refractivity contribution in [1.82, 2.24) is 19.7 Å². The molecule has 4 rings (SSSR count). The third-order valence-corrected chi connectivity index (χ3v) is 4.40. The van der Waals surface area contributed by atoms with Gasteiger partial charge in [-0.1, -0.05) is 23.7 Å². The minimum absolute atomic E-state index is 0.182. The van der Waals surface area contributed by atoms with E-state index in [1.807, 2.05) is 16.8 Å². The van der Waals surface area contributed by atoms with Crippen molar-refractivity contribution in [3.05, 3.63) is 46.0 Å². The van der Waals surface area contributed by atoms with Gasteiger partial charge in [-0.15, -0.1) is 0 Å². The first-order valence-electron chi connectivity index (χ1n) is 7.53. The number of rotatable bonds is 2. The maximum Gasteiger partial charge on any atom is 0.262 e. The molecule has 3 heterocycles. The fraction of sp³-hybridized carbons (Fsp3) is 0.312. The molecule has 1 saturated heterocycles. The molecule has 2 aromatic heterocycles. The number of nitrogens with zero attached hydrogens (tertiary/aromatic N) is 3. The van der Waals surface area contributed by atoms with Crippen molar-refractivity contribution < 1.29 is 4.74 Å². The Morgan fingerprint density at radius 1 is 1.22 bits per heavy atom. The van der Waals surface area contributed by atoms with Gasteiger partial charge in [0, 0.05) is 23.8 Å². The molecule has 1 N–H and O–H groups in total. The Bertz CT molecular complexity index is 895. The van der Waals surface area contributed by atoms with Crippen LogP contribution >= 0.6 is 11.6 Å². The summed E-state index contributed by atoms with van der Waals surface area (Å²) in [4.78, 5) is 19.3. The molecule has 118 valence electrons. The summed E-state index contributed by atoms with van der Waals surface area (Å²) in [7, 11) is 0. The van der Waals surface area contributed by atoms with E-state index in [1.165, 1.54) is 6.33 Å². The third kappa shape index (κ3) is 2.54. The molecule has 0 saturated carbocycles. The van der Waals surface area contributed by atoms with E-state index in [0.717, 1.165) is 18.4 Å². The minimum atomic E-state index is -0.182. The maximum absolute atomic E-state index is 12.3. The SMILES string of the molecule is O=c1[nH]cnc2c1c(-c1ccc(Cl)cc1)nn2C1CCOCC1. The summed E-state index contributed by atoms with van der Waals surface area (Å²) in [6.45, 7) is 1.40. The molecule has 0 bridgehead atoms. The molecule has 1 aliphatic rings. The smallest absolute Gasteiger partial charge is 0.262 e. The minimum Gasteiger partial charge on any atom is -0.381 e. The van der Waals surface area contributed by atoms with Crippen LogP contribution < -0.4 is 5.56 Å². The number of hydrogen-bond donors (Lipinski definition) is 1. The highest BCUT2D eigenvalue weighted by Gasteiger charge is 2.23. The van der Waals surface area contributed by atoms with Crippen molar-refractivity contribution >= 4 is 22.6 Å². The lowest BCUT2D eigenvalue weighted by atomic mass is 10.1. The number of benzene rings is 1. The van der Waals surface area contributed by atoms with Crippen LogP contribution in [0.2, 0.25) is 5.02 Å². The lowest BCUT2D eigenvalue weighted by Crippen LogP contribution is -2.21. The zero-order valence-electron chi connectivity index (χ0n) is 12.3. The van der Waals surface area contributed by atoms with Crippen LogP contribution in [0.3, 0.4) is 0 Å². The van der Waals surface area contributed by atoms with Gasteiger partial charge in [-0.05, 0) is 25.0 Å². The number of aromatic amines is 1. The fourth-order valence-electron chi connectivity index (χ4n) is 2.98. The van der Waals surface area contributed by atoms with Crippen molar-refractivity contribution in [2.45, 2.75) is 18.9 Å². The molecule has 3 aromatic rings. The average molecular weight is 331 g/mol. The second kappa shape index (κ2) is 5.79. The van der Waals surface area contributed by atoms with Crippen LogP contribution in [0.15, 0.2) is 35.4 Å². The van der Waals surface area contributed by atoms with E-state index < -0.39 is 0 Å². The summed E-state index contributed by atoms with van der Waals surface area (Å²) >= 11 is 5.96. The van der Waals surface area contributed by atoms with E-state index >= 15 is 0 Å². The van der Waals surface area contributed by atoms with Gasteiger partial charge in [-0.2, -0.15) is 5.10 Å². The van der Waals surface area contributed by atoms with Crippen LogP contribution in [-0.2, 0) is 4.74 Å². The van der Waals surface area contributed by atoms with E-state index in [9.17, 15) is 4.79 Å². The van der Waals surface area contributed by atoms with E-state index in [2.05, 4.69) is 9.97 Å². The topological polar surface area (TPSA) is 72.8 Å². The van der Waals surface area contributed by atoms with Crippen molar-refractivity contribution in [2.24, 2.45) is 0 Å². The van der Waals surface area contributed by atoms with Gasteiger partial charge in [0.05, 0.1) is 12.4 Å². The zero-order valence-corrected chi connectivity index (χ0v) is 13.1. The molecule has 0 unspecified atom stereocenters. The van der Waals surface area contributed by atoms with E-state index in [0.29, 0.717) is 35.0 Å². The number of aromatic nitrogens is 4. The van der Waals surface area contributed by atoms with Gasteiger partial charge in [-0.3, -0.25) is 4.79 Å². The highest BCUT2D eigenvalue weighted by molar-refractivity contribution is 6.30.